The summed E-state index contributed by atoms with van der Waals surface area (Å²) in [6, 6.07) is 4.51. The first-order valence-electron chi connectivity index (χ1n) is 8.14. The van der Waals surface area contributed by atoms with Crippen molar-refractivity contribution >= 4 is 27.8 Å². The molecule has 3 rings (SSSR count). The van der Waals surface area contributed by atoms with Crippen LogP contribution in [0.1, 0.15) is 36.0 Å². The third-order valence-electron chi connectivity index (χ3n) is 4.67. The standard InChI is InChI=1S/C17H20BrFN2O3/c18-11-3-4-14(15(19)5-11)17(24)20-12-6-13(7-12)21(9-16(22)23)8-10-1-2-10/h3-5,10,12-13H,1-2,6-9H2,(H,20,24)(H,22,23). The highest BCUT2D eigenvalue weighted by molar-refractivity contribution is 9.10. The molecule has 0 atom stereocenters. The van der Waals surface area contributed by atoms with Crippen LogP contribution < -0.4 is 5.32 Å². The molecule has 7 heteroatoms. The maximum Gasteiger partial charge on any atom is 0.317 e. The smallest absolute Gasteiger partial charge is 0.317 e. The van der Waals surface area contributed by atoms with Crippen molar-refractivity contribution in [1.82, 2.24) is 10.2 Å². The van der Waals surface area contributed by atoms with Crippen LogP contribution in [0.2, 0.25) is 0 Å². The van der Waals surface area contributed by atoms with Crippen LogP contribution in [0, 0.1) is 11.7 Å². The van der Waals surface area contributed by atoms with E-state index in [1.54, 1.807) is 6.07 Å². The molecule has 0 radical (unpaired) electrons. The predicted molar refractivity (Wildman–Crippen MR) is 90.3 cm³/mol. The molecule has 0 aliphatic heterocycles. The zero-order chi connectivity index (χ0) is 17.3. The minimum atomic E-state index is -0.819. The Labute approximate surface area is 148 Å². The topological polar surface area (TPSA) is 69.6 Å². The fraction of sp³-hybridized carbons (Fsp3) is 0.529. The maximum absolute atomic E-state index is 13.8. The quantitative estimate of drug-likeness (QED) is 0.740. The number of nitrogens with one attached hydrogen (secondary N) is 1. The minimum Gasteiger partial charge on any atom is -0.480 e. The van der Waals surface area contributed by atoms with Crippen LogP contribution in [-0.2, 0) is 4.79 Å². The summed E-state index contributed by atoms with van der Waals surface area (Å²) < 4.78 is 14.4. The zero-order valence-electron chi connectivity index (χ0n) is 13.2. The summed E-state index contributed by atoms with van der Waals surface area (Å²) in [7, 11) is 0. The Morgan fingerprint density at radius 2 is 2.04 bits per heavy atom. The van der Waals surface area contributed by atoms with Gasteiger partial charge < -0.3 is 10.4 Å². The molecule has 130 valence electrons. The van der Waals surface area contributed by atoms with E-state index in [1.807, 2.05) is 4.90 Å². The second-order valence-electron chi connectivity index (χ2n) is 6.69. The van der Waals surface area contributed by atoms with Gasteiger partial charge in [-0.2, -0.15) is 0 Å². The first kappa shape index (κ1) is 17.4. The summed E-state index contributed by atoms with van der Waals surface area (Å²) >= 11 is 3.16. The second-order valence-corrected chi connectivity index (χ2v) is 7.60. The molecule has 0 heterocycles. The molecule has 1 amide bonds. The molecule has 2 aliphatic rings. The summed E-state index contributed by atoms with van der Waals surface area (Å²) in [4.78, 5) is 25.2. The molecule has 2 aliphatic carbocycles. The summed E-state index contributed by atoms with van der Waals surface area (Å²) in [5.74, 6) is -1.18. The monoisotopic (exact) mass is 398 g/mol. The highest BCUT2D eigenvalue weighted by Crippen LogP contribution is 2.33. The minimum absolute atomic E-state index is 0.0268. The molecule has 0 unspecified atom stereocenters. The normalized spacial score (nSPS) is 23.0. The number of aliphatic carboxylic acids is 1. The van der Waals surface area contributed by atoms with Crippen molar-refractivity contribution < 1.29 is 19.1 Å². The van der Waals surface area contributed by atoms with Crippen molar-refractivity contribution in [1.29, 1.82) is 0 Å². The lowest BCUT2D eigenvalue weighted by Gasteiger charge is -2.42. The number of hydrogen-bond donors (Lipinski definition) is 2. The Bertz CT molecular complexity index is 645. The number of halogens is 2. The van der Waals surface area contributed by atoms with Crippen molar-refractivity contribution in [2.75, 3.05) is 13.1 Å². The molecule has 24 heavy (non-hydrogen) atoms. The molecule has 2 saturated carbocycles. The van der Waals surface area contributed by atoms with E-state index in [9.17, 15) is 14.0 Å². The van der Waals surface area contributed by atoms with E-state index in [0.29, 0.717) is 23.2 Å². The fourth-order valence-electron chi connectivity index (χ4n) is 3.09. The van der Waals surface area contributed by atoms with Crippen molar-refractivity contribution in [2.45, 2.75) is 37.8 Å². The Morgan fingerprint density at radius 1 is 1.33 bits per heavy atom. The molecule has 0 bridgehead atoms. The van der Waals surface area contributed by atoms with Crippen LogP contribution in [0.15, 0.2) is 22.7 Å². The Morgan fingerprint density at radius 3 is 2.62 bits per heavy atom. The SMILES string of the molecule is O=C(O)CN(CC1CC1)C1CC(NC(=O)c2ccc(Br)cc2F)C1. The maximum atomic E-state index is 13.8. The Kier molecular flexibility index (Phi) is 5.20. The second kappa shape index (κ2) is 7.19. The van der Waals surface area contributed by atoms with Gasteiger partial charge in [-0.15, -0.1) is 0 Å². The molecule has 0 spiro atoms. The van der Waals surface area contributed by atoms with Gasteiger partial charge in [0.15, 0.2) is 0 Å². The number of hydrogen-bond acceptors (Lipinski definition) is 3. The number of nitrogens with zero attached hydrogens (tertiary/aromatic N) is 1. The zero-order valence-corrected chi connectivity index (χ0v) is 14.8. The van der Waals surface area contributed by atoms with Gasteiger partial charge in [0.1, 0.15) is 5.82 Å². The van der Waals surface area contributed by atoms with Gasteiger partial charge in [0.25, 0.3) is 5.91 Å². The van der Waals surface area contributed by atoms with Crippen LogP contribution in [0.3, 0.4) is 0 Å². The predicted octanol–water partition coefficient (Wildman–Crippen LogP) is 2.65. The van der Waals surface area contributed by atoms with E-state index in [4.69, 9.17) is 5.11 Å². The molecular formula is C17H20BrFN2O3. The molecule has 2 N–H and O–H groups in total. The lowest BCUT2D eigenvalue weighted by Crippen LogP contribution is -2.55. The van der Waals surface area contributed by atoms with E-state index in [1.165, 1.54) is 25.0 Å². The van der Waals surface area contributed by atoms with Crippen LogP contribution in [0.25, 0.3) is 0 Å². The van der Waals surface area contributed by atoms with Crippen molar-refractivity contribution in [3.05, 3.63) is 34.1 Å². The molecule has 1 aromatic carbocycles. The van der Waals surface area contributed by atoms with Gasteiger partial charge in [0.05, 0.1) is 12.1 Å². The number of carboxylic acid groups (broad SMARTS) is 1. The Hall–Kier alpha value is -1.47. The van der Waals surface area contributed by atoms with Gasteiger partial charge in [0.2, 0.25) is 0 Å². The van der Waals surface area contributed by atoms with Gasteiger partial charge >= 0.3 is 5.97 Å². The summed E-state index contributed by atoms with van der Waals surface area (Å²) in [5.41, 5.74) is 0.0297. The van der Waals surface area contributed by atoms with Crippen molar-refractivity contribution in [3.8, 4) is 0 Å². The number of carbonyl (C=O) groups excluding carboxylic acids is 1. The number of carboxylic acids is 1. The largest absolute Gasteiger partial charge is 0.480 e. The van der Waals surface area contributed by atoms with Gasteiger partial charge in [-0.05, 0) is 49.8 Å². The third-order valence-corrected chi connectivity index (χ3v) is 5.16. The van der Waals surface area contributed by atoms with Gasteiger partial charge in [-0.25, -0.2) is 4.39 Å². The first-order chi connectivity index (χ1) is 11.4. The van der Waals surface area contributed by atoms with Crippen LogP contribution in [0.5, 0.6) is 0 Å². The van der Waals surface area contributed by atoms with Crippen LogP contribution in [-0.4, -0.2) is 47.1 Å². The summed E-state index contributed by atoms with van der Waals surface area (Å²) in [5, 5.41) is 11.9. The lowest BCUT2D eigenvalue weighted by atomic mass is 9.85. The molecule has 0 saturated heterocycles. The van der Waals surface area contributed by atoms with E-state index in [-0.39, 0.29) is 24.2 Å². The van der Waals surface area contributed by atoms with Gasteiger partial charge in [0, 0.05) is 23.1 Å². The van der Waals surface area contributed by atoms with Crippen molar-refractivity contribution in [2.24, 2.45) is 5.92 Å². The highest BCUT2D eigenvalue weighted by Gasteiger charge is 2.37. The summed E-state index contributed by atoms with van der Waals surface area (Å²) in [6.07, 6.45) is 3.77. The number of carbonyl (C=O) groups is 2. The lowest BCUT2D eigenvalue weighted by molar-refractivity contribution is -0.139. The third kappa shape index (κ3) is 4.33. The van der Waals surface area contributed by atoms with Gasteiger partial charge in [-0.3, -0.25) is 14.5 Å². The summed E-state index contributed by atoms with van der Waals surface area (Å²) in [6.45, 7) is 0.863. The average molecular weight is 399 g/mol. The van der Waals surface area contributed by atoms with E-state index < -0.39 is 17.7 Å². The fourth-order valence-corrected chi connectivity index (χ4v) is 3.42. The van der Waals surface area contributed by atoms with Crippen molar-refractivity contribution in [3.63, 3.8) is 0 Å². The highest BCUT2D eigenvalue weighted by atomic mass is 79.9. The van der Waals surface area contributed by atoms with E-state index in [0.717, 1.165) is 6.54 Å². The van der Waals surface area contributed by atoms with Crippen LogP contribution in [0.4, 0.5) is 4.39 Å². The number of benzene rings is 1. The van der Waals surface area contributed by atoms with Gasteiger partial charge in [-0.1, -0.05) is 15.9 Å². The van der Waals surface area contributed by atoms with E-state index >= 15 is 0 Å². The average Bonchev–Trinajstić information content (AvgIpc) is 3.24. The molecule has 1 aromatic rings. The number of rotatable bonds is 7. The van der Waals surface area contributed by atoms with Crippen LogP contribution >= 0.6 is 15.9 Å². The van der Waals surface area contributed by atoms with E-state index in [2.05, 4.69) is 21.2 Å². The first-order valence-corrected chi connectivity index (χ1v) is 8.93. The molecule has 5 nitrogen and oxygen atoms in total. The number of amides is 1. The molecule has 2 fully saturated rings. The molecule has 0 aromatic heterocycles. The molecular weight excluding hydrogens is 379 g/mol. The Balaban J connectivity index is 1.51.